The number of rotatable bonds is 3. The van der Waals surface area contributed by atoms with E-state index >= 15 is 0 Å². The molecule has 3 heterocycles. The molecular weight excluding hydrogens is 343 g/mol. The summed E-state index contributed by atoms with van der Waals surface area (Å²) < 4.78 is 47.5. The van der Waals surface area contributed by atoms with Crippen LogP contribution in [0.3, 0.4) is 0 Å². The Balaban J connectivity index is 1.87. The molecule has 0 aliphatic rings. The number of aromatic nitrogens is 5. The number of hydrogen-bond donors (Lipinski definition) is 1. The first kappa shape index (κ1) is 14.7. The molecule has 1 N–H and O–H groups in total. The van der Waals surface area contributed by atoms with E-state index in [1.807, 2.05) is 5.10 Å². The Morgan fingerprint density at radius 1 is 1.23 bits per heavy atom. The van der Waals surface area contributed by atoms with Crippen molar-refractivity contribution in [2.45, 2.75) is 6.18 Å². The molecule has 3 aromatic heterocycles. The molecule has 3 rings (SSSR count). The van der Waals surface area contributed by atoms with E-state index in [1.54, 1.807) is 12.1 Å². The van der Waals surface area contributed by atoms with Gasteiger partial charge in [-0.05, 0) is 6.07 Å². The van der Waals surface area contributed by atoms with Crippen molar-refractivity contribution in [2.75, 3.05) is 0 Å². The summed E-state index contributed by atoms with van der Waals surface area (Å²) in [6, 6.07) is 4.71. The van der Waals surface area contributed by atoms with Crippen molar-refractivity contribution < 1.29 is 17.9 Å². The van der Waals surface area contributed by atoms with Crippen molar-refractivity contribution in [3.05, 3.63) is 35.2 Å². The highest BCUT2D eigenvalue weighted by Crippen LogP contribution is 2.35. The highest BCUT2D eigenvalue weighted by atomic mass is 35.5. The molecule has 0 saturated carbocycles. The van der Waals surface area contributed by atoms with E-state index in [9.17, 15) is 13.2 Å². The van der Waals surface area contributed by atoms with Crippen molar-refractivity contribution in [2.24, 2.45) is 0 Å². The van der Waals surface area contributed by atoms with Gasteiger partial charge in [-0.1, -0.05) is 17.7 Å². The predicted octanol–water partition coefficient (Wildman–Crippen LogP) is 3.79. The summed E-state index contributed by atoms with van der Waals surface area (Å²) in [4.78, 5) is 7.77. The Bertz CT molecular complexity index is 803. The van der Waals surface area contributed by atoms with Gasteiger partial charge in [-0.3, -0.25) is 5.10 Å². The summed E-state index contributed by atoms with van der Waals surface area (Å²) in [7, 11) is 0. The number of alkyl halides is 3. The zero-order valence-electron chi connectivity index (χ0n) is 10.4. The van der Waals surface area contributed by atoms with Crippen LogP contribution in [0, 0.1) is 0 Å². The molecule has 114 valence electrons. The van der Waals surface area contributed by atoms with Crippen LogP contribution in [0.15, 0.2) is 24.4 Å². The van der Waals surface area contributed by atoms with Gasteiger partial charge < -0.3 is 4.74 Å². The maximum absolute atomic E-state index is 12.8. The number of nitrogens with zero attached hydrogens (tertiary/aromatic N) is 4. The fourth-order valence-corrected chi connectivity index (χ4v) is 2.28. The maximum Gasteiger partial charge on any atom is 0.433 e. The second-order valence-electron chi connectivity index (χ2n) is 3.94. The van der Waals surface area contributed by atoms with E-state index in [-0.39, 0.29) is 27.6 Å². The fourth-order valence-electron chi connectivity index (χ4n) is 1.57. The molecule has 0 amide bonds. The molecule has 0 fully saturated rings. The molecule has 11 heteroatoms. The number of H-pyrrole nitrogens is 1. The van der Waals surface area contributed by atoms with Gasteiger partial charge in [-0.25, -0.2) is 4.98 Å². The first-order valence-electron chi connectivity index (χ1n) is 5.68. The van der Waals surface area contributed by atoms with Crippen LogP contribution in [-0.2, 0) is 6.18 Å². The molecular formula is C11H5ClF3N5OS. The number of nitrogens with one attached hydrogen (secondary N) is 1. The Kier molecular flexibility index (Phi) is 3.71. The van der Waals surface area contributed by atoms with Gasteiger partial charge >= 0.3 is 6.18 Å². The van der Waals surface area contributed by atoms with Crippen LogP contribution in [0.1, 0.15) is 5.69 Å². The minimum absolute atomic E-state index is 0.0408. The second-order valence-corrected chi connectivity index (χ2v) is 5.04. The number of halogens is 4. The Morgan fingerprint density at radius 2 is 2.05 bits per heavy atom. The molecule has 0 saturated heterocycles. The van der Waals surface area contributed by atoms with Crippen molar-refractivity contribution in [1.29, 1.82) is 0 Å². The third-order valence-electron chi connectivity index (χ3n) is 2.45. The first-order chi connectivity index (χ1) is 10.4. The molecule has 0 aliphatic heterocycles. The minimum Gasteiger partial charge on any atom is -0.411 e. The zero-order chi connectivity index (χ0) is 15.7. The van der Waals surface area contributed by atoms with Gasteiger partial charge in [0.15, 0.2) is 11.5 Å². The molecule has 0 spiro atoms. The standard InChI is InChI=1S/C11H5ClF3N5OS/c12-6-2-1-3-7(17-6)21-10-18-9(20-22-10)5-4-16-19-8(5)11(13,14)15/h1-4H,(H,16,19). The molecule has 0 radical (unpaired) electrons. The molecule has 3 aromatic rings. The van der Waals surface area contributed by atoms with Crippen molar-refractivity contribution >= 4 is 23.1 Å². The molecule has 6 nitrogen and oxygen atoms in total. The summed E-state index contributed by atoms with van der Waals surface area (Å²) in [5.74, 6) is 0.0292. The van der Waals surface area contributed by atoms with Crippen molar-refractivity contribution in [3.8, 4) is 22.5 Å². The highest BCUT2D eigenvalue weighted by Gasteiger charge is 2.37. The predicted molar refractivity (Wildman–Crippen MR) is 71.8 cm³/mol. The van der Waals surface area contributed by atoms with Gasteiger partial charge in [0.1, 0.15) is 5.15 Å². The molecule has 0 aliphatic carbocycles. The SMILES string of the molecule is FC(F)(F)c1[nH]ncc1-c1nsc(Oc2cccc(Cl)n2)n1. The average Bonchev–Trinajstić information content (AvgIpc) is 3.05. The lowest BCUT2D eigenvalue weighted by Gasteiger charge is -2.04. The van der Waals surface area contributed by atoms with Gasteiger partial charge in [-0.2, -0.15) is 27.6 Å². The third-order valence-corrected chi connectivity index (χ3v) is 3.26. The van der Waals surface area contributed by atoms with Crippen LogP contribution in [0.2, 0.25) is 5.15 Å². The largest absolute Gasteiger partial charge is 0.433 e. The van der Waals surface area contributed by atoms with E-state index in [2.05, 4.69) is 19.4 Å². The Hall–Kier alpha value is -2.20. The van der Waals surface area contributed by atoms with E-state index < -0.39 is 11.9 Å². The summed E-state index contributed by atoms with van der Waals surface area (Å²) in [5, 5.41) is 5.53. The quantitative estimate of drug-likeness (QED) is 0.729. The lowest BCUT2D eigenvalue weighted by molar-refractivity contribution is -0.140. The number of ether oxygens (including phenoxy) is 1. The molecule has 22 heavy (non-hydrogen) atoms. The number of hydrogen-bond acceptors (Lipinski definition) is 6. The molecule has 0 aromatic carbocycles. The van der Waals surface area contributed by atoms with Crippen LogP contribution in [0.25, 0.3) is 11.4 Å². The van der Waals surface area contributed by atoms with E-state index in [0.29, 0.717) is 0 Å². The van der Waals surface area contributed by atoms with Gasteiger partial charge in [0.25, 0.3) is 5.19 Å². The fraction of sp³-hybridized carbons (Fsp3) is 0.0909. The van der Waals surface area contributed by atoms with Crippen LogP contribution in [0.4, 0.5) is 13.2 Å². The normalized spacial score (nSPS) is 11.6. The summed E-state index contributed by atoms with van der Waals surface area (Å²) >= 11 is 6.50. The molecule has 0 bridgehead atoms. The van der Waals surface area contributed by atoms with Crippen molar-refractivity contribution in [1.82, 2.24) is 24.5 Å². The van der Waals surface area contributed by atoms with Gasteiger partial charge in [-0.15, -0.1) is 0 Å². The second kappa shape index (κ2) is 5.54. The summed E-state index contributed by atoms with van der Waals surface area (Å²) in [6.45, 7) is 0. The van der Waals surface area contributed by atoms with Crippen molar-refractivity contribution in [3.63, 3.8) is 0 Å². The molecule has 0 atom stereocenters. The topological polar surface area (TPSA) is 76.6 Å². The van der Waals surface area contributed by atoms with Gasteiger partial charge in [0.05, 0.1) is 11.8 Å². The Labute approximate surface area is 130 Å². The zero-order valence-corrected chi connectivity index (χ0v) is 12.0. The van der Waals surface area contributed by atoms with Crippen LogP contribution < -0.4 is 4.74 Å². The van der Waals surface area contributed by atoms with E-state index in [0.717, 1.165) is 17.7 Å². The van der Waals surface area contributed by atoms with E-state index in [1.165, 1.54) is 6.07 Å². The van der Waals surface area contributed by atoms with E-state index in [4.69, 9.17) is 16.3 Å². The Morgan fingerprint density at radius 3 is 2.77 bits per heavy atom. The summed E-state index contributed by atoms with van der Waals surface area (Å²) in [6.07, 6.45) is -3.57. The summed E-state index contributed by atoms with van der Waals surface area (Å²) in [5.41, 5.74) is -1.27. The first-order valence-corrected chi connectivity index (χ1v) is 6.83. The van der Waals surface area contributed by atoms with Crippen LogP contribution in [-0.4, -0.2) is 24.5 Å². The average molecular weight is 348 g/mol. The monoisotopic (exact) mass is 347 g/mol. The minimum atomic E-state index is -4.58. The number of pyridine rings is 1. The lowest BCUT2D eigenvalue weighted by Crippen LogP contribution is -2.07. The highest BCUT2D eigenvalue weighted by molar-refractivity contribution is 7.07. The van der Waals surface area contributed by atoms with Gasteiger partial charge in [0, 0.05) is 17.6 Å². The third kappa shape index (κ3) is 3.02. The lowest BCUT2D eigenvalue weighted by atomic mass is 10.2. The molecule has 0 unspecified atom stereocenters. The van der Waals surface area contributed by atoms with Crippen LogP contribution >= 0.6 is 23.1 Å². The van der Waals surface area contributed by atoms with Crippen LogP contribution in [0.5, 0.6) is 11.1 Å². The number of aromatic amines is 1. The maximum atomic E-state index is 12.8. The smallest absolute Gasteiger partial charge is 0.411 e. The van der Waals surface area contributed by atoms with Gasteiger partial charge in [0.2, 0.25) is 5.88 Å².